The fourth-order valence-electron chi connectivity index (χ4n) is 10.4. The Balaban J connectivity index is 1.10. The van der Waals surface area contributed by atoms with E-state index in [-0.39, 0.29) is 0 Å². The van der Waals surface area contributed by atoms with Gasteiger partial charge in [0.05, 0.1) is 5.41 Å². The molecule has 0 atom stereocenters. The molecule has 2 heterocycles. The van der Waals surface area contributed by atoms with Crippen LogP contribution in [0.5, 0.6) is 11.5 Å². The Morgan fingerprint density at radius 1 is 0.446 bits per heavy atom. The number of ether oxygens (including phenoxy) is 1. The summed E-state index contributed by atoms with van der Waals surface area (Å²) in [6.07, 6.45) is 5.21. The van der Waals surface area contributed by atoms with Gasteiger partial charge >= 0.3 is 0 Å². The van der Waals surface area contributed by atoms with Crippen molar-refractivity contribution in [2.45, 2.75) is 25.7 Å². The normalized spacial score (nSPS) is 13.0. The third kappa shape index (κ3) is 6.19. The molecule has 0 fully saturated rings. The Morgan fingerprint density at radius 2 is 1.02 bits per heavy atom. The third-order valence-corrected chi connectivity index (χ3v) is 13.4. The van der Waals surface area contributed by atoms with Crippen molar-refractivity contribution in [3.05, 3.63) is 252 Å². The molecule has 3 heteroatoms. The molecule has 65 heavy (non-hydrogen) atoms. The number of fused-ring (bicyclic) bond motifs is 10. The largest absolute Gasteiger partial charge is 0.457 e. The van der Waals surface area contributed by atoms with E-state index in [1.54, 1.807) is 0 Å². The van der Waals surface area contributed by atoms with Crippen LogP contribution in [0.4, 0.5) is 17.1 Å². The zero-order valence-electron chi connectivity index (χ0n) is 36.3. The van der Waals surface area contributed by atoms with Gasteiger partial charge in [-0.05, 0) is 106 Å². The van der Waals surface area contributed by atoms with Crippen LogP contribution in [0, 0.1) is 6.92 Å². The lowest BCUT2D eigenvalue weighted by Gasteiger charge is -2.40. The van der Waals surface area contributed by atoms with E-state index < -0.39 is 5.41 Å². The Kier molecular flexibility index (Phi) is 9.24. The first-order chi connectivity index (χ1) is 32.1. The van der Waals surface area contributed by atoms with Gasteiger partial charge in [-0.1, -0.05) is 183 Å². The molecular formula is C62H45NO2. The minimum Gasteiger partial charge on any atom is -0.457 e. The molecule has 1 spiro atoms. The highest BCUT2D eigenvalue weighted by Crippen LogP contribution is 2.62. The predicted molar refractivity (Wildman–Crippen MR) is 269 cm³/mol. The molecule has 9 aromatic carbocycles. The van der Waals surface area contributed by atoms with E-state index in [0.717, 1.165) is 90.7 Å². The van der Waals surface area contributed by atoms with Gasteiger partial charge in [-0.15, -0.1) is 0 Å². The maximum Gasteiger partial charge on any atom is 0.143 e. The highest BCUT2D eigenvalue weighted by molar-refractivity contribution is 6.01. The second-order valence-corrected chi connectivity index (χ2v) is 17.1. The summed E-state index contributed by atoms with van der Waals surface area (Å²) in [6.45, 7) is 4.33. The van der Waals surface area contributed by atoms with Crippen molar-refractivity contribution in [2.75, 3.05) is 4.90 Å². The van der Waals surface area contributed by atoms with Gasteiger partial charge in [0.15, 0.2) is 0 Å². The summed E-state index contributed by atoms with van der Waals surface area (Å²) < 4.78 is 13.9. The first-order valence-electron chi connectivity index (χ1n) is 22.6. The lowest BCUT2D eigenvalue weighted by molar-refractivity contribution is 0.436. The molecule has 2 aliphatic rings. The van der Waals surface area contributed by atoms with Crippen LogP contribution in [0.3, 0.4) is 0 Å². The van der Waals surface area contributed by atoms with Gasteiger partial charge in [0.2, 0.25) is 0 Å². The molecule has 0 unspecified atom stereocenters. The van der Waals surface area contributed by atoms with Gasteiger partial charge in [-0.3, -0.25) is 0 Å². The quantitative estimate of drug-likeness (QED) is 0.152. The second-order valence-electron chi connectivity index (χ2n) is 17.1. The molecule has 0 amide bonds. The van der Waals surface area contributed by atoms with Crippen LogP contribution in [-0.4, -0.2) is 0 Å². The van der Waals surface area contributed by atoms with Crippen molar-refractivity contribution < 1.29 is 9.15 Å². The maximum absolute atomic E-state index is 7.07. The van der Waals surface area contributed by atoms with Crippen molar-refractivity contribution in [1.29, 1.82) is 0 Å². The van der Waals surface area contributed by atoms with E-state index in [9.17, 15) is 0 Å². The van der Waals surface area contributed by atoms with Crippen molar-refractivity contribution in [3.8, 4) is 56.0 Å². The molecule has 1 aliphatic carbocycles. The van der Waals surface area contributed by atoms with Gasteiger partial charge in [0.25, 0.3) is 0 Å². The summed E-state index contributed by atoms with van der Waals surface area (Å²) in [7, 11) is 0. The number of aryl methyl sites for hydroxylation is 1. The van der Waals surface area contributed by atoms with Gasteiger partial charge < -0.3 is 14.1 Å². The molecule has 3 nitrogen and oxygen atoms in total. The Bertz CT molecular complexity index is 3410. The second kappa shape index (κ2) is 15.6. The Hall–Kier alpha value is -8.14. The SMILES string of the molecule is CC/C=C\c1oc2c(-c3ccc(-c4ccccc4)cc3)cc(N(c3cccc(-c4ccccc4)c3)c3ccc4c(c3)Oc3ccccc3C43c4ccccc4-c4ccccc43)cc2c1C. The molecular weight excluding hydrogens is 791 g/mol. The predicted octanol–water partition coefficient (Wildman–Crippen LogP) is 17.1. The third-order valence-electron chi connectivity index (χ3n) is 13.4. The van der Waals surface area contributed by atoms with E-state index in [2.05, 4.69) is 243 Å². The molecule has 1 aromatic heterocycles. The summed E-state index contributed by atoms with van der Waals surface area (Å²) in [5.74, 6) is 2.58. The summed E-state index contributed by atoms with van der Waals surface area (Å²) >= 11 is 0. The molecule has 0 N–H and O–H groups in total. The molecule has 0 saturated heterocycles. The molecule has 12 rings (SSSR count). The fraction of sp³-hybridized carbons (Fsp3) is 0.0645. The van der Waals surface area contributed by atoms with Gasteiger partial charge in [0.1, 0.15) is 22.8 Å². The van der Waals surface area contributed by atoms with E-state index in [0.29, 0.717) is 0 Å². The maximum atomic E-state index is 7.07. The standard InChI is InChI=1S/C62H45NO2/c1-3-4-29-58-41(2)52-38-49(39-53(61(52)65-58)45-33-31-44(32-34-45)42-18-7-5-8-19-42)63(47-23-17-22-46(37-47)43-20-9-6-10-21-43)48-35-36-57-60(40-48)64-59-30-16-15-28-56(59)62(57)54-26-13-11-24-50(54)51-25-12-14-27-55(51)62/h4-40H,3H2,1-2H3/b29-4-. The van der Waals surface area contributed by atoms with Gasteiger partial charge in [0, 0.05) is 50.8 Å². The molecule has 10 aromatic rings. The number of furan rings is 1. The molecule has 0 saturated carbocycles. The lowest BCUT2D eigenvalue weighted by Crippen LogP contribution is -2.32. The summed E-state index contributed by atoms with van der Waals surface area (Å²) in [6, 6.07) is 76.7. The number of benzene rings is 9. The van der Waals surface area contributed by atoms with Crippen LogP contribution in [0.15, 0.2) is 223 Å². The lowest BCUT2D eigenvalue weighted by atomic mass is 9.66. The summed E-state index contributed by atoms with van der Waals surface area (Å²) in [5, 5.41) is 1.07. The Morgan fingerprint density at radius 3 is 1.72 bits per heavy atom. The van der Waals surface area contributed by atoms with E-state index in [1.165, 1.54) is 33.4 Å². The number of para-hydroxylation sites is 1. The van der Waals surface area contributed by atoms with E-state index in [4.69, 9.17) is 9.15 Å². The monoisotopic (exact) mass is 835 g/mol. The molecule has 310 valence electrons. The van der Waals surface area contributed by atoms with Crippen LogP contribution in [0.2, 0.25) is 0 Å². The average molecular weight is 836 g/mol. The smallest absolute Gasteiger partial charge is 0.143 e. The molecule has 1 aliphatic heterocycles. The van der Waals surface area contributed by atoms with Crippen LogP contribution in [0.25, 0.3) is 61.6 Å². The van der Waals surface area contributed by atoms with Crippen molar-refractivity contribution in [3.63, 3.8) is 0 Å². The topological polar surface area (TPSA) is 25.6 Å². The van der Waals surface area contributed by atoms with Crippen LogP contribution < -0.4 is 9.64 Å². The minimum atomic E-state index is -0.553. The number of rotatable bonds is 8. The van der Waals surface area contributed by atoms with E-state index in [1.807, 2.05) is 0 Å². The van der Waals surface area contributed by atoms with Crippen LogP contribution in [0.1, 0.15) is 46.9 Å². The highest BCUT2D eigenvalue weighted by atomic mass is 16.5. The highest BCUT2D eigenvalue weighted by Gasteiger charge is 2.51. The summed E-state index contributed by atoms with van der Waals surface area (Å²) in [5.41, 5.74) is 18.6. The zero-order valence-corrected chi connectivity index (χ0v) is 36.3. The minimum absolute atomic E-state index is 0.553. The number of hydrogen-bond acceptors (Lipinski definition) is 3. The molecule has 0 radical (unpaired) electrons. The first kappa shape index (κ1) is 38.5. The average Bonchev–Trinajstić information content (AvgIpc) is 3.85. The van der Waals surface area contributed by atoms with Gasteiger partial charge in [-0.25, -0.2) is 0 Å². The zero-order chi connectivity index (χ0) is 43.5. The van der Waals surface area contributed by atoms with Crippen molar-refractivity contribution in [2.24, 2.45) is 0 Å². The first-order valence-corrected chi connectivity index (χ1v) is 22.6. The molecule has 0 bridgehead atoms. The van der Waals surface area contributed by atoms with Crippen molar-refractivity contribution >= 4 is 34.1 Å². The van der Waals surface area contributed by atoms with Crippen molar-refractivity contribution in [1.82, 2.24) is 0 Å². The Labute approximate surface area is 380 Å². The van der Waals surface area contributed by atoms with Gasteiger partial charge in [-0.2, -0.15) is 0 Å². The van der Waals surface area contributed by atoms with Crippen LogP contribution >= 0.6 is 0 Å². The number of nitrogens with zero attached hydrogens (tertiary/aromatic N) is 1. The number of hydrogen-bond donors (Lipinski definition) is 0. The van der Waals surface area contributed by atoms with Crippen LogP contribution in [-0.2, 0) is 5.41 Å². The number of anilines is 3. The number of allylic oxidation sites excluding steroid dienone is 1. The summed E-state index contributed by atoms with van der Waals surface area (Å²) in [4.78, 5) is 2.38. The fourth-order valence-corrected chi connectivity index (χ4v) is 10.4. The van der Waals surface area contributed by atoms with E-state index >= 15 is 0 Å².